The molecule has 1 saturated heterocycles. The summed E-state index contributed by atoms with van der Waals surface area (Å²) in [5.74, 6) is 0.647. The average Bonchev–Trinajstić information content (AvgIpc) is 3.28. The Balaban J connectivity index is 1.37. The predicted molar refractivity (Wildman–Crippen MR) is 124 cm³/mol. The molecule has 0 radical (unpaired) electrons. The highest BCUT2D eigenvalue weighted by atomic mass is 16.3. The van der Waals surface area contributed by atoms with Gasteiger partial charge in [-0.2, -0.15) is 5.10 Å². The van der Waals surface area contributed by atoms with Crippen LogP contribution in [0.1, 0.15) is 50.0 Å². The summed E-state index contributed by atoms with van der Waals surface area (Å²) >= 11 is 0. The number of rotatable bonds is 6. The molecule has 5 rings (SSSR count). The number of furan rings is 1. The second-order valence-corrected chi connectivity index (χ2v) is 9.24. The molecule has 3 aromatic rings. The second kappa shape index (κ2) is 8.62. The van der Waals surface area contributed by atoms with E-state index in [1.807, 2.05) is 42.5 Å². The predicted octanol–water partition coefficient (Wildman–Crippen LogP) is 2.70. The number of fused-ring (bicyclic) bond motifs is 1. The van der Waals surface area contributed by atoms with Gasteiger partial charge in [-0.3, -0.25) is 14.5 Å². The van der Waals surface area contributed by atoms with Crippen molar-refractivity contribution in [1.29, 1.82) is 0 Å². The lowest BCUT2D eigenvalue weighted by Crippen LogP contribution is -2.55. The standard InChI is InChI=1S/C24H30N6O3/c1-15(2)30-22-19(14-25-30)18(13-20(27-22)21-5-4-12-33-21)24(32)29-10-8-28(9-11-29)16(3)23(31)26-17-6-7-17/h4-5,12-17H,6-11H2,1-3H3,(H,26,31). The van der Waals surface area contributed by atoms with Crippen LogP contribution in [-0.4, -0.2) is 74.6 Å². The molecule has 2 aliphatic rings. The number of nitrogens with zero attached hydrogens (tertiary/aromatic N) is 5. The SMILES string of the molecule is CC(C(=O)NC1CC1)N1CCN(C(=O)c2cc(-c3ccco3)nc3c2cnn3C(C)C)CC1. The topological polar surface area (TPSA) is 96.5 Å². The Hall–Kier alpha value is -3.20. The highest BCUT2D eigenvalue weighted by molar-refractivity contribution is 6.06. The molecule has 9 heteroatoms. The molecule has 0 bridgehead atoms. The molecule has 1 aliphatic heterocycles. The summed E-state index contributed by atoms with van der Waals surface area (Å²) in [5, 5.41) is 8.30. The lowest BCUT2D eigenvalue weighted by atomic mass is 10.1. The number of amides is 2. The maximum Gasteiger partial charge on any atom is 0.254 e. The van der Waals surface area contributed by atoms with Crippen molar-refractivity contribution < 1.29 is 14.0 Å². The summed E-state index contributed by atoms with van der Waals surface area (Å²) in [6, 6.07) is 5.72. The van der Waals surface area contributed by atoms with Crippen LogP contribution in [0.25, 0.3) is 22.5 Å². The van der Waals surface area contributed by atoms with Crippen molar-refractivity contribution in [3.8, 4) is 11.5 Å². The van der Waals surface area contributed by atoms with Crippen molar-refractivity contribution in [3.63, 3.8) is 0 Å². The summed E-state index contributed by atoms with van der Waals surface area (Å²) in [5.41, 5.74) is 1.86. The fourth-order valence-corrected chi connectivity index (χ4v) is 4.32. The number of hydrogen-bond acceptors (Lipinski definition) is 6. The molecule has 1 saturated carbocycles. The van der Waals surface area contributed by atoms with Crippen LogP contribution in [0.15, 0.2) is 35.1 Å². The van der Waals surface area contributed by atoms with Gasteiger partial charge in [0.05, 0.1) is 29.5 Å². The van der Waals surface area contributed by atoms with Gasteiger partial charge in [0, 0.05) is 38.3 Å². The van der Waals surface area contributed by atoms with E-state index in [9.17, 15) is 9.59 Å². The van der Waals surface area contributed by atoms with Crippen LogP contribution in [0.5, 0.6) is 0 Å². The van der Waals surface area contributed by atoms with Crippen molar-refractivity contribution in [1.82, 2.24) is 29.9 Å². The van der Waals surface area contributed by atoms with E-state index in [0.29, 0.717) is 54.9 Å². The van der Waals surface area contributed by atoms with Gasteiger partial charge in [-0.25, -0.2) is 9.67 Å². The molecule has 9 nitrogen and oxygen atoms in total. The Bertz CT molecular complexity index is 1160. The van der Waals surface area contributed by atoms with Gasteiger partial charge in [-0.1, -0.05) is 0 Å². The molecule has 3 aromatic heterocycles. The molecule has 0 spiro atoms. The van der Waals surface area contributed by atoms with Gasteiger partial charge in [0.25, 0.3) is 5.91 Å². The highest BCUT2D eigenvalue weighted by Gasteiger charge is 2.32. The van der Waals surface area contributed by atoms with E-state index in [2.05, 4.69) is 15.3 Å². The molecule has 2 fully saturated rings. The molecule has 1 aliphatic carbocycles. The monoisotopic (exact) mass is 450 g/mol. The van der Waals surface area contributed by atoms with Crippen LogP contribution in [-0.2, 0) is 4.79 Å². The molecular weight excluding hydrogens is 420 g/mol. The third kappa shape index (κ3) is 4.25. The molecule has 4 heterocycles. The van der Waals surface area contributed by atoms with Crippen LogP contribution in [0, 0.1) is 0 Å². The van der Waals surface area contributed by atoms with Crippen LogP contribution in [0.2, 0.25) is 0 Å². The average molecular weight is 451 g/mol. The van der Waals surface area contributed by atoms with Gasteiger partial charge in [-0.15, -0.1) is 0 Å². The smallest absolute Gasteiger partial charge is 0.254 e. The Morgan fingerprint density at radius 3 is 2.55 bits per heavy atom. The molecule has 1 N–H and O–H groups in total. The number of pyridine rings is 1. The van der Waals surface area contributed by atoms with Gasteiger partial charge in [0.1, 0.15) is 5.69 Å². The van der Waals surface area contributed by atoms with Crippen molar-refractivity contribution >= 4 is 22.8 Å². The highest BCUT2D eigenvalue weighted by Crippen LogP contribution is 2.28. The zero-order chi connectivity index (χ0) is 23.1. The maximum absolute atomic E-state index is 13.6. The van der Waals surface area contributed by atoms with Crippen LogP contribution >= 0.6 is 0 Å². The first-order valence-electron chi connectivity index (χ1n) is 11.7. The molecular formula is C24H30N6O3. The largest absolute Gasteiger partial charge is 0.463 e. The zero-order valence-corrected chi connectivity index (χ0v) is 19.3. The van der Waals surface area contributed by atoms with Crippen molar-refractivity contribution in [2.45, 2.75) is 51.7 Å². The summed E-state index contributed by atoms with van der Waals surface area (Å²) in [6.07, 6.45) is 5.48. The zero-order valence-electron chi connectivity index (χ0n) is 19.3. The molecule has 0 aromatic carbocycles. The summed E-state index contributed by atoms with van der Waals surface area (Å²) in [6.45, 7) is 8.47. The lowest BCUT2D eigenvalue weighted by molar-refractivity contribution is -0.126. The molecule has 1 unspecified atom stereocenters. The summed E-state index contributed by atoms with van der Waals surface area (Å²) < 4.78 is 7.39. The molecule has 174 valence electrons. The van der Waals surface area contributed by atoms with Gasteiger partial charge in [-0.05, 0) is 51.8 Å². The maximum atomic E-state index is 13.6. The van der Waals surface area contributed by atoms with E-state index >= 15 is 0 Å². The fraction of sp³-hybridized carbons (Fsp3) is 0.500. The van der Waals surface area contributed by atoms with Crippen molar-refractivity contribution in [3.05, 3.63) is 36.2 Å². The van der Waals surface area contributed by atoms with E-state index in [-0.39, 0.29) is 23.9 Å². The van der Waals surface area contributed by atoms with Crippen LogP contribution < -0.4 is 5.32 Å². The van der Waals surface area contributed by atoms with E-state index in [4.69, 9.17) is 9.40 Å². The van der Waals surface area contributed by atoms with Crippen LogP contribution in [0.4, 0.5) is 0 Å². The minimum Gasteiger partial charge on any atom is -0.463 e. The lowest BCUT2D eigenvalue weighted by Gasteiger charge is -2.37. The first-order chi connectivity index (χ1) is 15.9. The third-order valence-corrected chi connectivity index (χ3v) is 6.51. The van der Waals surface area contributed by atoms with Gasteiger partial charge in [0.15, 0.2) is 11.4 Å². The number of nitrogens with one attached hydrogen (secondary N) is 1. The minimum absolute atomic E-state index is 0.0479. The number of aromatic nitrogens is 3. The Kier molecular flexibility index (Phi) is 5.65. The summed E-state index contributed by atoms with van der Waals surface area (Å²) in [4.78, 5) is 34.8. The van der Waals surface area contributed by atoms with Crippen molar-refractivity contribution in [2.75, 3.05) is 26.2 Å². The molecule has 2 amide bonds. The van der Waals surface area contributed by atoms with E-state index < -0.39 is 0 Å². The Labute approximate surface area is 192 Å². The normalized spacial score (nSPS) is 18.1. The number of hydrogen-bond donors (Lipinski definition) is 1. The van der Waals surface area contributed by atoms with Crippen molar-refractivity contribution in [2.24, 2.45) is 0 Å². The van der Waals surface area contributed by atoms with E-state index in [1.165, 1.54) is 0 Å². The second-order valence-electron chi connectivity index (χ2n) is 9.24. The number of carbonyl (C=O) groups excluding carboxylic acids is 2. The summed E-state index contributed by atoms with van der Waals surface area (Å²) in [7, 11) is 0. The van der Waals surface area contributed by atoms with Gasteiger partial charge >= 0.3 is 0 Å². The van der Waals surface area contributed by atoms with E-state index in [0.717, 1.165) is 18.2 Å². The Morgan fingerprint density at radius 2 is 1.91 bits per heavy atom. The quantitative estimate of drug-likeness (QED) is 0.620. The molecule has 1 atom stereocenters. The fourth-order valence-electron chi connectivity index (χ4n) is 4.32. The minimum atomic E-state index is -0.190. The van der Waals surface area contributed by atoms with Gasteiger partial charge in [0.2, 0.25) is 5.91 Å². The van der Waals surface area contributed by atoms with Crippen LogP contribution in [0.3, 0.4) is 0 Å². The first-order valence-corrected chi connectivity index (χ1v) is 11.7. The first kappa shape index (κ1) is 21.6. The molecule has 33 heavy (non-hydrogen) atoms. The third-order valence-electron chi connectivity index (χ3n) is 6.51. The Morgan fingerprint density at radius 1 is 1.15 bits per heavy atom. The number of piperazine rings is 1. The van der Waals surface area contributed by atoms with E-state index in [1.54, 1.807) is 18.5 Å². The van der Waals surface area contributed by atoms with Gasteiger partial charge < -0.3 is 14.6 Å². The number of carbonyl (C=O) groups is 2.